The number of hydrogen-bond donors (Lipinski definition) is 1. The van der Waals surface area contributed by atoms with E-state index in [-0.39, 0.29) is 11.9 Å². The minimum Gasteiger partial charge on any atom is -0.449 e. The van der Waals surface area contributed by atoms with Crippen LogP contribution < -0.4 is 5.32 Å². The molecule has 0 aromatic heterocycles. The third-order valence-corrected chi connectivity index (χ3v) is 4.16. The van der Waals surface area contributed by atoms with Crippen LogP contribution in [0.5, 0.6) is 0 Å². The molecule has 0 aromatic rings. The molecular weight excluding hydrogens is 336 g/mol. The topological polar surface area (TPSA) is 58.6 Å². The average molecular weight is 363 g/mol. The van der Waals surface area contributed by atoms with Crippen molar-refractivity contribution >= 4 is 27.9 Å². The Bertz CT molecular complexity index is 344. The molecule has 1 saturated carbocycles. The molecule has 1 atom stereocenters. The number of alkyl carbamates (subject to hydrolysis) is 1. The van der Waals surface area contributed by atoms with Crippen molar-refractivity contribution in [3.8, 4) is 0 Å². The standard InChI is InChI=1S/C15H27BrN2O3/c1-11(2)10-21-15(20)17-9-12(3)18(14(19)8-16)13-6-4-5-7-13/h11-13H,4-10H2,1-3H3,(H,17,20). The monoisotopic (exact) mass is 362 g/mol. The molecule has 0 radical (unpaired) electrons. The molecular formula is C15H27BrN2O3. The van der Waals surface area contributed by atoms with Crippen molar-refractivity contribution in [2.24, 2.45) is 5.92 Å². The summed E-state index contributed by atoms with van der Waals surface area (Å²) in [6, 6.07) is 0.281. The van der Waals surface area contributed by atoms with Crippen molar-refractivity contribution in [1.29, 1.82) is 0 Å². The fourth-order valence-corrected chi connectivity index (χ4v) is 2.97. The van der Waals surface area contributed by atoms with Gasteiger partial charge in [0.1, 0.15) is 0 Å². The number of nitrogens with one attached hydrogen (secondary N) is 1. The Kier molecular flexibility index (Phi) is 8.07. The van der Waals surface area contributed by atoms with Gasteiger partial charge in [-0.2, -0.15) is 0 Å². The van der Waals surface area contributed by atoms with Gasteiger partial charge < -0.3 is 15.0 Å². The molecule has 1 unspecified atom stereocenters. The van der Waals surface area contributed by atoms with E-state index < -0.39 is 6.09 Å². The van der Waals surface area contributed by atoms with E-state index in [1.54, 1.807) is 0 Å². The van der Waals surface area contributed by atoms with Gasteiger partial charge in [-0.25, -0.2) is 4.79 Å². The quantitative estimate of drug-likeness (QED) is 0.708. The Morgan fingerprint density at radius 2 is 1.90 bits per heavy atom. The fraction of sp³-hybridized carbons (Fsp3) is 0.867. The predicted molar refractivity (Wildman–Crippen MR) is 86.5 cm³/mol. The molecule has 0 bridgehead atoms. The van der Waals surface area contributed by atoms with Crippen LogP contribution in [0.25, 0.3) is 0 Å². The van der Waals surface area contributed by atoms with Crippen LogP contribution in [0, 0.1) is 5.92 Å². The predicted octanol–water partition coefficient (Wildman–Crippen LogP) is 2.92. The second kappa shape index (κ2) is 9.28. The van der Waals surface area contributed by atoms with Crippen LogP contribution in [-0.2, 0) is 9.53 Å². The molecule has 0 saturated heterocycles. The molecule has 1 aliphatic rings. The Balaban J connectivity index is 2.46. The number of alkyl halides is 1. The Hall–Kier alpha value is -0.780. The normalized spacial score (nSPS) is 16.8. The molecule has 122 valence electrons. The van der Waals surface area contributed by atoms with E-state index in [1.807, 2.05) is 25.7 Å². The maximum Gasteiger partial charge on any atom is 0.407 e. The van der Waals surface area contributed by atoms with Crippen LogP contribution in [0.3, 0.4) is 0 Å². The van der Waals surface area contributed by atoms with Gasteiger partial charge in [0.2, 0.25) is 5.91 Å². The van der Waals surface area contributed by atoms with E-state index in [0.29, 0.717) is 30.4 Å². The maximum absolute atomic E-state index is 12.1. The first kappa shape index (κ1) is 18.3. The van der Waals surface area contributed by atoms with Crippen LogP contribution in [0.2, 0.25) is 0 Å². The van der Waals surface area contributed by atoms with E-state index in [0.717, 1.165) is 12.8 Å². The molecule has 1 fully saturated rings. The summed E-state index contributed by atoms with van der Waals surface area (Å²) in [7, 11) is 0. The zero-order valence-electron chi connectivity index (χ0n) is 13.2. The molecule has 0 spiro atoms. The summed E-state index contributed by atoms with van der Waals surface area (Å²) in [5.41, 5.74) is 0. The second-order valence-corrected chi connectivity index (χ2v) is 6.66. The average Bonchev–Trinajstić information content (AvgIpc) is 2.96. The van der Waals surface area contributed by atoms with Gasteiger partial charge >= 0.3 is 6.09 Å². The van der Waals surface area contributed by atoms with Gasteiger partial charge in [0, 0.05) is 18.6 Å². The highest BCUT2D eigenvalue weighted by molar-refractivity contribution is 9.09. The number of nitrogens with zero attached hydrogens (tertiary/aromatic N) is 1. The highest BCUT2D eigenvalue weighted by Crippen LogP contribution is 2.25. The maximum atomic E-state index is 12.1. The summed E-state index contributed by atoms with van der Waals surface area (Å²) < 4.78 is 5.08. The van der Waals surface area contributed by atoms with Crippen LogP contribution in [0.1, 0.15) is 46.5 Å². The molecule has 5 nitrogen and oxygen atoms in total. The number of carbonyl (C=O) groups is 2. The highest BCUT2D eigenvalue weighted by Gasteiger charge is 2.29. The van der Waals surface area contributed by atoms with Crippen molar-refractivity contribution in [1.82, 2.24) is 10.2 Å². The number of ether oxygens (including phenoxy) is 1. The molecule has 2 amide bonds. The van der Waals surface area contributed by atoms with Gasteiger partial charge in [-0.3, -0.25) is 4.79 Å². The van der Waals surface area contributed by atoms with Crippen molar-refractivity contribution in [3.05, 3.63) is 0 Å². The molecule has 0 heterocycles. The van der Waals surface area contributed by atoms with E-state index in [1.165, 1.54) is 12.8 Å². The molecule has 0 aromatic carbocycles. The lowest BCUT2D eigenvalue weighted by Crippen LogP contribution is -2.50. The van der Waals surface area contributed by atoms with E-state index in [4.69, 9.17) is 4.74 Å². The number of halogens is 1. The summed E-state index contributed by atoms with van der Waals surface area (Å²) in [6.07, 6.45) is 4.05. The number of hydrogen-bond acceptors (Lipinski definition) is 3. The van der Waals surface area contributed by atoms with E-state index in [9.17, 15) is 9.59 Å². The third kappa shape index (κ3) is 6.24. The van der Waals surface area contributed by atoms with Crippen LogP contribution in [-0.4, -0.2) is 47.5 Å². The largest absolute Gasteiger partial charge is 0.449 e. The van der Waals surface area contributed by atoms with Crippen molar-refractivity contribution < 1.29 is 14.3 Å². The fourth-order valence-electron chi connectivity index (χ4n) is 2.68. The summed E-state index contributed by atoms with van der Waals surface area (Å²) in [5.74, 6) is 0.407. The van der Waals surface area contributed by atoms with Crippen molar-refractivity contribution in [2.75, 3.05) is 18.5 Å². The number of amides is 2. The minimum absolute atomic E-state index is 0.0234. The highest BCUT2D eigenvalue weighted by atomic mass is 79.9. The van der Waals surface area contributed by atoms with Gasteiger partial charge in [0.15, 0.2) is 0 Å². The van der Waals surface area contributed by atoms with Crippen molar-refractivity contribution in [2.45, 2.75) is 58.5 Å². The first-order valence-electron chi connectivity index (χ1n) is 7.73. The van der Waals surface area contributed by atoms with Gasteiger partial charge in [-0.15, -0.1) is 0 Å². The summed E-state index contributed by atoms with van der Waals surface area (Å²) in [6.45, 7) is 6.79. The SMILES string of the molecule is CC(C)COC(=O)NCC(C)N(C(=O)CBr)C1CCCC1. The Morgan fingerprint density at radius 1 is 1.29 bits per heavy atom. The van der Waals surface area contributed by atoms with Crippen LogP contribution in [0.15, 0.2) is 0 Å². The molecule has 21 heavy (non-hydrogen) atoms. The van der Waals surface area contributed by atoms with Crippen molar-refractivity contribution in [3.63, 3.8) is 0 Å². The molecule has 6 heteroatoms. The Morgan fingerprint density at radius 3 is 2.43 bits per heavy atom. The first-order valence-corrected chi connectivity index (χ1v) is 8.85. The van der Waals surface area contributed by atoms with Gasteiger partial charge in [-0.05, 0) is 25.7 Å². The smallest absolute Gasteiger partial charge is 0.407 e. The molecule has 1 rings (SSSR count). The van der Waals surface area contributed by atoms with E-state index >= 15 is 0 Å². The van der Waals surface area contributed by atoms with E-state index in [2.05, 4.69) is 21.2 Å². The lowest BCUT2D eigenvalue weighted by Gasteiger charge is -2.34. The summed E-state index contributed by atoms with van der Waals surface area (Å²) >= 11 is 3.25. The lowest BCUT2D eigenvalue weighted by atomic mass is 10.1. The summed E-state index contributed by atoms with van der Waals surface area (Å²) in [5, 5.41) is 3.08. The summed E-state index contributed by atoms with van der Waals surface area (Å²) in [4.78, 5) is 25.6. The van der Waals surface area contributed by atoms with Crippen LogP contribution >= 0.6 is 15.9 Å². The van der Waals surface area contributed by atoms with Crippen LogP contribution in [0.4, 0.5) is 4.79 Å². The third-order valence-electron chi connectivity index (χ3n) is 3.68. The molecule has 0 aliphatic heterocycles. The second-order valence-electron chi connectivity index (χ2n) is 6.10. The van der Waals surface area contributed by atoms with Gasteiger partial charge in [0.05, 0.1) is 11.9 Å². The Labute approximate surface area is 135 Å². The van der Waals surface area contributed by atoms with Gasteiger partial charge in [-0.1, -0.05) is 42.6 Å². The number of carbonyl (C=O) groups excluding carboxylic acids is 2. The minimum atomic E-state index is -0.409. The molecule has 1 aliphatic carbocycles. The van der Waals surface area contributed by atoms with Gasteiger partial charge in [0.25, 0.3) is 0 Å². The first-order chi connectivity index (χ1) is 9.95. The lowest BCUT2D eigenvalue weighted by molar-refractivity contribution is -0.132. The zero-order valence-corrected chi connectivity index (χ0v) is 14.8. The molecule has 1 N–H and O–H groups in total. The number of rotatable bonds is 7. The zero-order chi connectivity index (χ0) is 15.8.